The predicted molar refractivity (Wildman–Crippen MR) is 99.1 cm³/mol. The molecule has 1 saturated heterocycles. The molecular formula is C11H15N2O14P3S. The first-order valence-electron chi connectivity index (χ1n) is 7.65. The molecule has 0 radical (unpaired) electrons. The third-order valence-electron chi connectivity index (χ3n) is 3.68. The van der Waals surface area contributed by atoms with E-state index in [4.69, 9.17) is 33.2 Å². The molecular weight excluding hydrogens is 509 g/mol. The van der Waals surface area contributed by atoms with Gasteiger partial charge in [-0.3, -0.25) is 14.3 Å². The molecule has 1 fully saturated rings. The lowest BCUT2D eigenvalue weighted by molar-refractivity contribution is -0.177. The van der Waals surface area contributed by atoms with Crippen molar-refractivity contribution in [2.75, 3.05) is 6.61 Å². The third kappa shape index (κ3) is 6.26. The molecule has 0 aliphatic carbocycles. The second-order valence-electron chi connectivity index (χ2n) is 5.80. The van der Waals surface area contributed by atoms with Crippen molar-refractivity contribution in [3.63, 3.8) is 0 Å². The summed E-state index contributed by atoms with van der Waals surface area (Å²) in [5.41, 5.74) is -0.607. The summed E-state index contributed by atoms with van der Waals surface area (Å²) >= 11 is 4.92. The number of phosphoric ester groups is 1. The van der Waals surface area contributed by atoms with Crippen molar-refractivity contribution in [2.24, 2.45) is 5.92 Å². The standard InChI is InChI=1S/C11H15N2O14P3S/c1-2-11(25-29(20,21)27-30(22,23)26-28(17,18)19)6(5-14)8(16)9(24-11)13-4-3-7(15)12-10(13)31/h1,3-4,6,8-9,14,16H,5H2,(H,20,21)(H,22,23)(H,12,15,31)(H2,17,18,19)/t6?,8-,9+,11+/m0/s1. The fourth-order valence-corrected chi connectivity index (χ4v) is 6.04. The third-order valence-corrected chi connectivity index (χ3v) is 7.82. The van der Waals surface area contributed by atoms with E-state index in [-0.39, 0.29) is 4.77 Å². The highest BCUT2D eigenvalue weighted by atomic mass is 32.1. The van der Waals surface area contributed by atoms with Gasteiger partial charge in [0.1, 0.15) is 6.10 Å². The molecule has 7 N–H and O–H groups in total. The Labute approximate surface area is 177 Å². The molecule has 31 heavy (non-hydrogen) atoms. The fraction of sp³-hybridized carbons (Fsp3) is 0.455. The summed E-state index contributed by atoms with van der Waals surface area (Å²) in [6, 6.07) is 0.984. The van der Waals surface area contributed by atoms with Gasteiger partial charge in [0.05, 0.1) is 12.5 Å². The van der Waals surface area contributed by atoms with Gasteiger partial charge in [-0.2, -0.15) is 8.62 Å². The van der Waals surface area contributed by atoms with Crippen LogP contribution in [-0.2, 0) is 31.6 Å². The van der Waals surface area contributed by atoms with Gasteiger partial charge in [0, 0.05) is 12.3 Å². The van der Waals surface area contributed by atoms with E-state index < -0.39 is 59.7 Å². The molecule has 0 spiro atoms. The molecule has 3 unspecified atom stereocenters. The maximum absolute atomic E-state index is 12.2. The Balaban J connectivity index is 2.40. The first kappa shape index (κ1) is 26.2. The Hall–Kier alpha value is -1.05. The van der Waals surface area contributed by atoms with Gasteiger partial charge in [-0.1, -0.05) is 0 Å². The van der Waals surface area contributed by atoms with Crippen LogP contribution in [0.15, 0.2) is 17.1 Å². The average Bonchev–Trinajstić information content (AvgIpc) is 2.82. The lowest BCUT2D eigenvalue weighted by atomic mass is 9.96. The smallest absolute Gasteiger partial charge is 0.396 e. The number of aromatic nitrogens is 2. The van der Waals surface area contributed by atoms with Gasteiger partial charge in [0.2, 0.25) is 0 Å². The van der Waals surface area contributed by atoms with E-state index in [1.54, 1.807) is 5.92 Å². The molecule has 2 heterocycles. The number of nitrogens with one attached hydrogen (secondary N) is 1. The van der Waals surface area contributed by atoms with Crippen LogP contribution in [0.4, 0.5) is 0 Å². The van der Waals surface area contributed by atoms with Crippen LogP contribution in [0.2, 0.25) is 0 Å². The molecule has 1 aliphatic heterocycles. The van der Waals surface area contributed by atoms with Crippen molar-refractivity contribution >= 4 is 35.7 Å². The average molecular weight is 524 g/mol. The molecule has 1 aliphatic rings. The van der Waals surface area contributed by atoms with E-state index in [1.165, 1.54) is 0 Å². The maximum Gasteiger partial charge on any atom is 0.490 e. The van der Waals surface area contributed by atoms with Gasteiger partial charge in [0.25, 0.3) is 11.3 Å². The molecule has 0 saturated carbocycles. The van der Waals surface area contributed by atoms with Crippen molar-refractivity contribution in [1.29, 1.82) is 0 Å². The zero-order valence-corrected chi connectivity index (χ0v) is 18.3. The van der Waals surface area contributed by atoms with Crippen LogP contribution in [-0.4, -0.2) is 57.8 Å². The van der Waals surface area contributed by atoms with E-state index in [0.717, 1.165) is 16.8 Å². The second-order valence-corrected chi connectivity index (χ2v) is 10.5. The molecule has 0 aromatic carbocycles. The van der Waals surface area contributed by atoms with Crippen molar-refractivity contribution in [3.05, 3.63) is 27.4 Å². The van der Waals surface area contributed by atoms with Gasteiger partial charge >= 0.3 is 23.5 Å². The summed E-state index contributed by atoms with van der Waals surface area (Å²) in [6.45, 7) is -1.02. The minimum atomic E-state index is -5.87. The van der Waals surface area contributed by atoms with E-state index in [2.05, 4.69) is 18.1 Å². The summed E-state index contributed by atoms with van der Waals surface area (Å²) in [4.78, 5) is 49.7. The SMILES string of the molecule is C#C[C@]1(OP(=O)(O)OP(=O)(O)OP(=O)(O)O)O[C@@H](n2ccc(=O)[nH]c2=S)[C@@H](O)C1CO. The molecule has 16 nitrogen and oxygen atoms in total. The number of phosphoric acid groups is 3. The molecule has 1 aromatic rings. The molecule has 6 atom stereocenters. The highest BCUT2D eigenvalue weighted by molar-refractivity contribution is 7.71. The van der Waals surface area contributed by atoms with Crippen molar-refractivity contribution in [2.45, 2.75) is 18.1 Å². The number of hydrogen-bond donors (Lipinski definition) is 7. The van der Waals surface area contributed by atoms with Gasteiger partial charge in [-0.15, -0.1) is 6.42 Å². The Kier molecular flexibility index (Phi) is 7.66. The van der Waals surface area contributed by atoms with Crippen LogP contribution in [0, 0.1) is 23.0 Å². The first-order valence-corrected chi connectivity index (χ1v) is 12.6. The van der Waals surface area contributed by atoms with E-state index in [1.807, 2.05) is 0 Å². The van der Waals surface area contributed by atoms with Crippen molar-refractivity contribution in [1.82, 2.24) is 9.55 Å². The molecule has 0 bridgehead atoms. The normalized spacial score (nSPS) is 30.3. The van der Waals surface area contributed by atoms with Crippen LogP contribution < -0.4 is 5.56 Å². The zero-order chi connectivity index (χ0) is 23.8. The fourth-order valence-electron chi connectivity index (χ4n) is 2.56. The Morgan fingerprint density at radius 2 is 1.87 bits per heavy atom. The highest BCUT2D eigenvalue weighted by Crippen LogP contribution is 2.68. The molecule has 1 aromatic heterocycles. The Morgan fingerprint density at radius 3 is 2.35 bits per heavy atom. The number of rotatable bonds is 8. The lowest BCUT2D eigenvalue weighted by Gasteiger charge is -2.29. The Morgan fingerprint density at radius 1 is 1.26 bits per heavy atom. The number of aliphatic hydroxyl groups is 2. The number of terminal acetylenes is 1. The Bertz CT molecular complexity index is 1140. The van der Waals surface area contributed by atoms with Gasteiger partial charge in [0.15, 0.2) is 11.0 Å². The quantitative estimate of drug-likeness (QED) is 0.123. The van der Waals surface area contributed by atoms with E-state index in [0.29, 0.717) is 0 Å². The second kappa shape index (κ2) is 9.06. The summed E-state index contributed by atoms with van der Waals surface area (Å²) < 4.78 is 52.2. The van der Waals surface area contributed by atoms with Gasteiger partial charge in [-0.25, -0.2) is 18.2 Å². The van der Waals surface area contributed by atoms with E-state index in [9.17, 15) is 38.5 Å². The van der Waals surface area contributed by atoms with Crippen LogP contribution in [0.5, 0.6) is 0 Å². The largest absolute Gasteiger partial charge is 0.490 e. The summed E-state index contributed by atoms with van der Waals surface area (Å²) in [5, 5.41) is 20.1. The number of H-pyrrole nitrogens is 1. The topological polar surface area (TPSA) is 247 Å². The number of ether oxygens (including phenoxy) is 1. The maximum atomic E-state index is 12.2. The highest BCUT2D eigenvalue weighted by Gasteiger charge is 2.59. The minimum absolute atomic E-state index is 0.278. The van der Waals surface area contributed by atoms with Gasteiger partial charge < -0.3 is 34.5 Å². The minimum Gasteiger partial charge on any atom is -0.396 e. The number of hydrogen-bond acceptors (Lipinski definition) is 11. The number of aromatic amines is 1. The van der Waals surface area contributed by atoms with Crippen molar-refractivity contribution in [3.8, 4) is 12.3 Å². The summed E-state index contributed by atoms with van der Waals surface area (Å²) in [7, 11) is -17.3. The van der Waals surface area contributed by atoms with Crippen LogP contribution in [0.1, 0.15) is 6.23 Å². The molecule has 2 rings (SSSR count). The van der Waals surface area contributed by atoms with Crippen LogP contribution >= 0.6 is 35.7 Å². The van der Waals surface area contributed by atoms with Crippen LogP contribution in [0.3, 0.4) is 0 Å². The molecule has 0 amide bonds. The number of nitrogens with zero attached hydrogens (tertiary/aromatic N) is 1. The molecule has 174 valence electrons. The van der Waals surface area contributed by atoms with E-state index >= 15 is 0 Å². The summed E-state index contributed by atoms with van der Waals surface area (Å²) in [6.07, 6.45) is 2.99. The van der Waals surface area contributed by atoms with Gasteiger partial charge in [-0.05, 0) is 18.1 Å². The monoisotopic (exact) mass is 524 g/mol. The number of aliphatic hydroxyl groups excluding tert-OH is 2. The summed E-state index contributed by atoms with van der Waals surface area (Å²) in [5.74, 6) is -2.69. The molecule has 20 heteroatoms. The zero-order valence-electron chi connectivity index (χ0n) is 14.8. The van der Waals surface area contributed by atoms with Crippen LogP contribution in [0.25, 0.3) is 0 Å². The predicted octanol–water partition coefficient (Wildman–Crippen LogP) is -0.923. The first-order chi connectivity index (χ1) is 14.0. The lowest BCUT2D eigenvalue weighted by Crippen LogP contribution is -2.41. The van der Waals surface area contributed by atoms with Crippen molar-refractivity contribution < 1.29 is 61.4 Å².